The first-order valence-corrected chi connectivity index (χ1v) is 16.0. The summed E-state index contributed by atoms with van der Waals surface area (Å²) >= 11 is 6.27. The number of para-hydroxylation sites is 1. The Balaban J connectivity index is 0.000000168. The van der Waals surface area contributed by atoms with Crippen molar-refractivity contribution in [2.45, 2.75) is 64.2 Å². The van der Waals surface area contributed by atoms with Gasteiger partial charge in [-0.3, -0.25) is 4.79 Å². The van der Waals surface area contributed by atoms with Crippen molar-refractivity contribution in [1.82, 2.24) is 4.90 Å². The average Bonchev–Trinajstić information content (AvgIpc) is 3.19. The minimum atomic E-state index is -0.100. The number of carbonyl (C=O) groups is 1. The summed E-state index contributed by atoms with van der Waals surface area (Å²) < 4.78 is 0. The number of carbonyl (C=O) groups excluding carboxylic acids is 1. The molecule has 4 nitrogen and oxygen atoms in total. The molecule has 6 heteroatoms. The molecule has 0 bridgehead atoms. The van der Waals surface area contributed by atoms with Crippen LogP contribution in [0.2, 0.25) is 5.02 Å². The van der Waals surface area contributed by atoms with E-state index in [1.807, 2.05) is 12.1 Å². The van der Waals surface area contributed by atoms with E-state index in [-0.39, 0.29) is 17.8 Å². The maximum atomic E-state index is 12.2. The second kappa shape index (κ2) is 13.1. The summed E-state index contributed by atoms with van der Waals surface area (Å²) in [4.78, 5) is 16.9. The van der Waals surface area contributed by atoms with Crippen LogP contribution >= 0.6 is 24.0 Å². The molecule has 43 heavy (non-hydrogen) atoms. The normalized spacial score (nSPS) is 23.3. The number of ketones is 1. The van der Waals surface area contributed by atoms with Gasteiger partial charge in [-0.25, -0.2) is 0 Å². The summed E-state index contributed by atoms with van der Waals surface area (Å²) in [6.45, 7) is 4.29. The van der Waals surface area contributed by atoms with Crippen LogP contribution in [0.4, 0.5) is 11.4 Å². The fourth-order valence-corrected chi connectivity index (χ4v) is 8.07. The van der Waals surface area contributed by atoms with Crippen LogP contribution in [-0.2, 0) is 24.1 Å². The third-order valence-electron chi connectivity index (χ3n) is 10.2. The van der Waals surface area contributed by atoms with Gasteiger partial charge in [0.2, 0.25) is 0 Å². The van der Waals surface area contributed by atoms with Gasteiger partial charge >= 0.3 is 0 Å². The van der Waals surface area contributed by atoms with Gasteiger partial charge in [-0.2, -0.15) is 0 Å². The zero-order chi connectivity index (χ0) is 29.4. The van der Waals surface area contributed by atoms with Gasteiger partial charge in [0.15, 0.2) is 0 Å². The highest BCUT2D eigenvalue weighted by Gasteiger charge is 2.52. The molecule has 1 heterocycles. The molecule has 0 saturated heterocycles. The Hall–Kier alpha value is -2.79. The molecule has 3 aromatic carbocycles. The maximum Gasteiger partial charge on any atom is 0.139 e. The number of rotatable bonds is 4. The Morgan fingerprint density at radius 2 is 1.72 bits per heavy atom. The summed E-state index contributed by atoms with van der Waals surface area (Å²) in [6.07, 6.45) is 10.4. The predicted octanol–water partition coefficient (Wildman–Crippen LogP) is 8.69. The van der Waals surface area contributed by atoms with Gasteiger partial charge in [0.05, 0.1) is 0 Å². The fourth-order valence-electron chi connectivity index (χ4n) is 7.90. The molecule has 3 atom stereocenters. The number of aryl methyl sites for hydroxylation is 2. The minimum absolute atomic E-state index is 0. The standard InChI is InChI=1S/C19H23ClN2.C18H20O2.ClH/c1-21(2)12-5-13-22-18-7-4-3-6-15(18)8-9-16-10-11-17(20)14-19(16)22;1-18-9-8-14-13-5-3-12(19)10-11(13)2-4-15(14)16(18)6-7-17(18)20;/h3-4,6-7,10-11,14H,5,8-9,12-13H2,1-2H3;3-5,10,14,16,19H,2,6-9H2,1H3;1H. The molecule has 3 aliphatic carbocycles. The van der Waals surface area contributed by atoms with E-state index < -0.39 is 0 Å². The van der Waals surface area contributed by atoms with E-state index in [1.54, 1.807) is 6.07 Å². The lowest BCUT2D eigenvalue weighted by Crippen LogP contribution is -2.37. The number of phenols is 1. The Morgan fingerprint density at radius 3 is 2.51 bits per heavy atom. The van der Waals surface area contributed by atoms with Crippen molar-refractivity contribution < 1.29 is 9.90 Å². The first-order chi connectivity index (χ1) is 20.2. The molecule has 1 aliphatic heterocycles. The Labute approximate surface area is 268 Å². The number of aromatic hydroxyl groups is 1. The molecule has 3 unspecified atom stereocenters. The molecule has 0 amide bonds. The second-order valence-electron chi connectivity index (χ2n) is 13.0. The lowest BCUT2D eigenvalue weighted by atomic mass is 9.60. The third kappa shape index (κ3) is 6.25. The minimum Gasteiger partial charge on any atom is -0.508 e. The molecule has 0 radical (unpaired) electrons. The van der Waals surface area contributed by atoms with Crippen molar-refractivity contribution in [1.29, 1.82) is 0 Å². The zero-order valence-corrected chi connectivity index (χ0v) is 27.2. The summed E-state index contributed by atoms with van der Waals surface area (Å²) in [5.41, 5.74) is 9.47. The Bertz CT molecular complexity index is 1520. The van der Waals surface area contributed by atoms with E-state index in [1.165, 1.54) is 39.2 Å². The van der Waals surface area contributed by atoms with Crippen molar-refractivity contribution in [3.05, 3.63) is 99.6 Å². The number of Topliss-reactive ketones (excluding diaryl/α,β-unsaturated/α-hetero) is 1. The lowest BCUT2D eigenvalue weighted by molar-refractivity contribution is -0.126. The molecule has 228 valence electrons. The second-order valence-corrected chi connectivity index (χ2v) is 13.5. The molecule has 2 saturated carbocycles. The number of nitrogens with zero attached hydrogens (tertiary/aromatic N) is 2. The van der Waals surface area contributed by atoms with E-state index in [2.05, 4.69) is 79.4 Å². The van der Waals surface area contributed by atoms with E-state index in [9.17, 15) is 9.90 Å². The highest BCUT2D eigenvalue weighted by atomic mass is 35.5. The van der Waals surface area contributed by atoms with Gasteiger partial charge in [-0.1, -0.05) is 60.5 Å². The van der Waals surface area contributed by atoms with Crippen LogP contribution in [0.5, 0.6) is 5.75 Å². The topological polar surface area (TPSA) is 43.8 Å². The Morgan fingerprint density at radius 1 is 0.953 bits per heavy atom. The number of allylic oxidation sites excluding steroid dienone is 2. The monoisotopic (exact) mass is 618 g/mol. The van der Waals surface area contributed by atoms with E-state index in [0.29, 0.717) is 23.4 Å². The van der Waals surface area contributed by atoms with Gasteiger partial charge in [-0.15, -0.1) is 12.4 Å². The zero-order valence-electron chi connectivity index (χ0n) is 25.6. The summed E-state index contributed by atoms with van der Waals surface area (Å²) in [5, 5.41) is 10.5. The van der Waals surface area contributed by atoms with Gasteiger partial charge < -0.3 is 14.9 Å². The number of hydrogen-bond donors (Lipinski definition) is 1. The van der Waals surface area contributed by atoms with E-state index in [0.717, 1.165) is 69.5 Å². The van der Waals surface area contributed by atoms with Gasteiger partial charge in [-0.05, 0) is 124 Å². The smallest absolute Gasteiger partial charge is 0.139 e. The van der Waals surface area contributed by atoms with Crippen LogP contribution in [0.15, 0.2) is 72.3 Å². The number of fused-ring (bicyclic) bond motifs is 7. The molecule has 1 N–H and O–H groups in total. The van der Waals surface area contributed by atoms with Crippen molar-refractivity contribution >= 4 is 41.2 Å². The highest BCUT2D eigenvalue weighted by Crippen LogP contribution is 2.58. The SMILES string of the molecule is CC12CCC3C(=CCc4cc(O)ccc43)C1CCC2=O.CN(C)CCCN1c2ccccc2CCc2ccc(Cl)cc21.Cl. The number of benzene rings is 3. The molecule has 7 rings (SSSR count). The van der Waals surface area contributed by atoms with Crippen molar-refractivity contribution in [3.8, 4) is 5.75 Å². The number of halogens is 2. The van der Waals surface area contributed by atoms with E-state index in [4.69, 9.17) is 11.6 Å². The van der Waals surface area contributed by atoms with Crippen LogP contribution in [0.3, 0.4) is 0 Å². The first kappa shape index (κ1) is 31.6. The molecule has 4 aliphatic rings. The molecule has 3 aromatic rings. The molecule has 0 aromatic heterocycles. The van der Waals surface area contributed by atoms with Crippen molar-refractivity contribution in [2.75, 3.05) is 32.1 Å². The lowest BCUT2D eigenvalue weighted by Gasteiger charge is -2.43. The summed E-state index contributed by atoms with van der Waals surface area (Å²) in [5.74, 6) is 1.76. The van der Waals surface area contributed by atoms with Crippen LogP contribution < -0.4 is 4.90 Å². The van der Waals surface area contributed by atoms with Crippen LogP contribution in [0.1, 0.15) is 67.2 Å². The number of phenolic OH excluding ortho intramolecular Hbond substituents is 1. The third-order valence-corrected chi connectivity index (χ3v) is 10.4. The molecule has 2 fully saturated rings. The summed E-state index contributed by atoms with van der Waals surface area (Å²) in [7, 11) is 4.25. The number of anilines is 2. The van der Waals surface area contributed by atoms with Crippen LogP contribution in [-0.4, -0.2) is 43.0 Å². The first-order valence-electron chi connectivity index (χ1n) is 15.6. The quantitative estimate of drug-likeness (QED) is 0.297. The van der Waals surface area contributed by atoms with Crippen molar-refractivity contribution in [2.24, 2.45) is 11.3 Å². The van der Waals surface area contributed by atoms with E-state index >= 15 is 0 Å². The molecular formula is C37H44Cl2N2O2. The highest BCUT2D eigenvalue weighted by molar-refractivity contribution is 6.30. The van der Waals surface area contributed by atoms with Gasteiger partial charge in [0.1, 0.15) is 11.5 Å². The van der Waals surface area contributed by atoms with Gasteiger partial charge in [0, 0.05) is 40.7 Å². The number of hydrogen-bond acceptors (Lipinski definition) is 4. The largest absolute Gasteiger partial charge is 0.508 e. The van der Waals surface area contributed by atoms with Gasteiger partial charge in [0.25, 0.3) is 0 Å². The summed E-state index contributed by atoms with van der Waals surface area (Å²) in [6, 6.07) is 20.9. The predicted molar refractivity (Wildman–Crippen MR) is 180 cm³/mol. The fraction of sp³-hybridized carbons (Fsp3) is 0.432. The van der Waals surface area contributed by atoms with Crippen LogP contribution in [0, 0.1) is 11.3 Å². The van der Waals surface area contributed by atoms with Crippen molar-refractivity contribution in [3.63, 3.8) is 0 Å². The van der Waals surface area contributed by atoms with Crippen LogP contribution in [0.25, 0.3) is 0 Å². The Kier molecular flexibility index (Phi) is 9.61. The molecular weight excluding hydrogens is 575 g/mol. The molecule has 0 spiro atoms. The average molecular weight is 620 g/mol. The maximum absolute atomic E-state index is 12.2.